The lowest BCUT2D eigenvalue weighted by Gasteiger charge is -2.31. The van der Waals surface area contributed by atoms with Crippen LogP contribution in [0.2, 0.25) is 15.1 Å². The van der Waals surface area contributed by atoms with Gasteiger partial charge in [-0.1, -0.05) is 34.8 Å². The van der Waals surface area contributed by atoms with Crippen LogP contribution in [0.1, 0.15) is 12.8 Å². The Bertz CT molecular complexity index is 719. The second-order valence-corrected chi connectivity index (χ2v) is 8.53. The van der Waals surface area contributed by atoms with Crippen LogP contribution in [0.15, 0.2) is 12.1 Å². The van der Waals surface area contributed by atoms with Gasteiger partial charge in [0.15, 0.2) is 6.61 Å². The number of nitrogens with zero attached hydrogens (tertiary/aromatic N) is 1. The Kier molecular flexibility index (Phi) is 6.61. The van der Waals surface area contributed by atoms with Crippen LogP contribution < -0.4 is 9.46 Å². The number of halogens is 3. The molecule has 1 aliphatic heterocycles. The van der Waals surface area contributed by atoms with E-state index in [1.54, 1.807) is 4.90 Å². The molecule has 0 aliphatic carbocycles. The van der Waals surface area contributed by atoms with Gasteiger partial charge in [0, 0.05) is 25.2 Å². The molecule has 1 aromatic rings. The monoisotopic (exact) mass is 414 g/mol. The maximum atomic E-state index is 12.2. The van der Waals surface area contributed by atoms with Crippen molar-refractivity contribution < 1.29 is 17.9 Å². The first-order valence-electron chi connectivity index (χ1n) is 7.18. The van der Waals surface area contributed by atoms with Gasteiger partial charge < -0.3 is 9.64 Å². The molecule has 0 aromatic heterocycles. The summed E-state index contributed by atoms with van der Waals surface area (Å²) in [5, 5.41) is 0.866. The van der Waals surface area contributed by atoms with E-state index >= 15 is 0 Å². The zero-order chi connectivity index (χ0) is 17.9. The number of likely N-dealkylation sites (tertiary alicyclic amines) is 1. The molecule has 10 heteroatoms. The molecule has 0 radical (unpaired) electrons. The molecule has 1 aliphatic rings. The van der Waals surface area contributed by atoms with Gasteiger partial charge in [0.1, 0.15) is 5.75 Å². The molecule has 1 heterocycles. The molecule has 134 valence electrons. The first kappa shape index (κ1) is 19.6. The zero-order valence-corrected chi connectivity index (χ0v) is 16.0. The van der Waals surface area contributed by atoms with Gasteiger partial charge in [0.2, 0.25) is 10.0 Å². The fraction of sp³-hybridized carbons (Fsp3) is 0.500. The number of ether oxygens (including phenoxy) is 1. The number of carbonyl (C=O) groups excluding carboxylic acids is 1. The molecule has 0 bridgehead atoms. The third-order valence-corrected chi connectivity index (χ3v) is 5.33. The quantitative estimate of drug-likeness (QED) is 0.750. The van der Waals surface area contributed by atoms with Crippen molar-refractivity contribution in [1.29, 1.82) is 0 Å². The summed E-state index contributed by atoms with van der Waals surface area (Å²) in [6.07, 6.45) is 2.25. The minimum atomic E-state index is -3.24. The molecule has 1 aromatic carbocycles. The Morgan fingerprint density at radius 3 is 2.38 bits per heavy atom. The molecule has 0 unspecified atom stereocenters. The average Bonchev–Trinajstić information content (AvgIpc) is 2.48. The number of benzene rings is 1. The summed E-state index contributed by atoms with van der Waals surface area (Å²) in [5.74, 6) is 0.0861. The zero-order valence-electron chi connectivity index (χ0n) is 12.9. The van der Waals surface area contributed by atoms with Crippen LogP contribution in [0.25, 0.3) is 0 Å². The maximum Gasteiger partial charge on any atom is 0.260 e. The van der Waals surface area contributed by atoms with E-state index in [9.17, 15) is 13.2 Å². The molecule has 2 rings (SSSR count). The highest BCUT2D eigenvalue weighted by atomic mass is 35.5. The number of sulfonamides is 1. The van der Waals surface area contributed by atoms with Crippen LogP contribution in [0.3, 0.4) is 0 Å². The molecule has 1 fully saturated rings. The van der Waals surface area contributed by atoms with Crippen molar-refractivity contribution in [1.82, 2.24) is 9.62 Å². The highest BCUT2D eigenvalue weighted by Crippen LogP contribution is 2.33. The van der Waals surface area contributed by atoms with Crippen molar-refractivity contribution in [2.24, 2.45) is 0 Å². The van der Waals surface area contributed by atoms with Crippen molar-refractivity contribution in [3.05, 3.63) is 27.2 Å². The molecular formula is C14H17Cl3N2O4S. The summed E-state index contributed by atoms with van der Waals surface area (Å²) in [6.45, 7) is 0.747. The van der Waals surface area contributed by atoms with Gasteiger partial charge in [-0.25, -0.2) is 13.1 Å². The number of hydrogen-bond acceptors (Lipinski definition) is 4. The molecule has 0 atom stereocenters. The lowest BCUT2D eigenvalue weighted by molar-refractivity contribution is -0.134. The lowest BCUT2D eigenvalue weighted by Crippen LogP contribution is -2.47. The van der Waals surface area contributed by atoms with Crippen molar-refractivity contribution >= 4 is 50.7 Å². The summed E-state index contributed by atoms with van der Waals surface area (Å²) in [6, 6.07) is 2.77. The van der Waals surface area contributed by atoms with Crippen LogP contribution in [0.4, 0.5) is 0 Å². The second kappa shape index (κ2) is 8.10. The minimum Gasteiger partial charge on any atom is -0.482 e. The van der Waals surface area contributed by atoms with E-state index in [1.165, 1.54) is 12.1 Å². The molecule has 6 nitrogen and oxygen atoms in total. The second-order valence-electron chi connectivity index (χ2n) is 5.53. The number of nitrogens with one attached hydrogen (secondary N) is 1. The normalized spacial score (nSPS) is 16.2. The summed E-state index contributed by atoms with van der Waals surface area (Å²) < 4.78 is 30.4. The van der Waals surface area contributed by atoms with Crippen LogP contribution in [-0.4, -0.2) is 51.2 Å². The number of rotatable bonds is 5. The Labute approximate surface area is 156 Å². The van der Waals surface area contributed by atoms with E-state index in [0.717, 1.165) is 6.26 Å². The highest BCUT2D eigenvalue weighted by Gasteiger charge is 2.24. The van der Waals surface area contributed by atoms with Gasteiger partial charge in [0.25, 0.3) is 5.91 Å². The predicted molar refractivity (Wildman–Crippen MR) is 94.5 cm³/mol. The largest absolute Gasteiger partial charge is 0.482 e. The molecule has 0 spiro atoms. The van der Waals surface area contributed by atoms with Gasteiger partial charge >= 0.3 is 0 Å². The highest BCUT2D eigenvalue weighted by molar-refractivity contribution is 7.88. The summed E-state index contributed by atoms with van der Waals surface area (Å²) >= 11 is 17.7. The third-order valence-electron chi connectivity index (χ3n) is 3.55. The molecular weight excluding hydrogens is 399 g/mol. The standard InChI is InChI=1S/C14H17Cl3N2O4S/c1-24(21,22)18-9-2-4-19(5-3-9)14(20)8-23-13-7-11(16)10(15)6-12(13)17/h6-7,9,18H,2-5,8H2,1H3. The fourth-order valence-corrected chi connectivity index (χ4v) is 3.83. The van der Waals surface area contributed by atoms with Crippen molar-refractivity contribution in [2.75, 3.05) is 26.0 Å². The number of carbonyl (C=O) groups is 1. The number of hydrogen-bond donors (Lipinski definition) is 1. The third kappa shape index (κ3) is 5.67. The van der Waals surface area contributed by atoms with Gasteiger partial charge in [-0.05, 0) is 18.9 Å². The van der Waals surface area contributed by atoms with Gasteiger partial charge in [-0.2, -0.15) is 0 Å². The maximum absolute atomic E-state index is 12.2. The summed E-state index contributed by atoms with van der Waals surface area (Å²) in [7, 11) is -3.24. The molecule has 1 amide bonds. The van der Waals surface area contributed by atoms with Crippen molar-refractivity contribution in [3.8, 4) is 5.75 Å². The van der Waals surface area contributed by atoms with Crippen molar-refractivity contribution in [2.45, 2.75) is 18.9 Å². The fourth-order valence-electron chi connectivity index (χ4n) is 2.40. The van der Waals surface area contributed by atoms with E-state index in [1.807, 2.05) is 0 Å². The van der Waals surface area contributed by atoms with E-state index in [0.29, 0.717) is 31.0 Å². The Balaban J connectivity index is 1.85. The minimum absolute atomic E-state index is 0.144. The topological polar surface area (TPSA) is 75.7 Å². The lowest BCUT2D eigenvalue weighted by atomic mass is 10.1. The van der Waals surface area contributed by atoms with Crippen molar-refractivity contribution in [3.63, 3.8) is 0 Å². The van der Waals surface area contributed by atoms with E-state index in [-0.39, 0.29) is 34.4 Å². The number of piperidine rings is 1. The first-order valence-corrected chi connectivity index (χ1v) is 10.2. The molecule has 24 heavy (non-hydrogen) atoms. The van der Waals surface area contributed by atoms with Crippen LogP contribution >= 0.6 is 34.8 Å². The Morgan fingerprint density at radius 1 is 1.21 bits per heavy atom. The number of amides is 1. The summed E-state index contributed by atoms with van der Waals surface area (Å²) in [4.78, 5) is 13.8. The van der Waals surface area contributed by atoms with Gasteiger partial charge in [-0.15, -0.1) is 0 Å². The van der Waals surface area contributed by atoms with E-state index in [4.69, 9.17) is 39.5 Å². The molecule has 1 saturated heterocycles. The average molecular weight is 416 g/mol. The Hall–Kier alpha value is -0.730. The van der Waals surface area contributed by atoms with Crippen LogP contribution in [0, 0.1) is 0 Å². The van der Waals surface area contributed by atoms with Crippen LogP contribution in [-0.2, 0) is 14.8 Å². The molecule has 0 saturated carbocycles. The van der Waals surface area contributed by atoms with Crippen LogP contribution in [0.5, 0.6) is 5.75 Å². The predicted octanol–water partition coefficient (Wildman–Crippen LogP) is 2.57. The van der Waals surface area contributed by atoms with E-state index in [2.05, 4.69) is 4.72 Å². The summed E-state index contributed by atoms with van der Waals surface area (Å²) in [5.41, 5.74) is 0. The van der Waals surface area contributed by atoms with Gasteiger partial charge in [0.05, 0.1) is 21.3 Å². The van der Waals surface area contributed by atoms with Gasteiger partial charge in [-0.3, -0.25) is 4.79 Å². The first-order chi connectivity index (χ1) is 11.2. The van der Waals surface area contributed by atoms with E-state index < -0.39 is 10.0 Å². The smallest absolute Gasteiger partial charge is 0.260 e. The Morgan fingerprint density at radius 2 is 1.79 bits per heavy atom. The SMILES string of the molecule is CS(=O)(=O)NC1CCN(C(=O)COc2cc(Cl)c(Cl)cc2Cl)CC1. The molecule has 1 N–H and O–H groups in total.